The van der Waals surface area contributed by atoms with Crippen LogP contribution in [0.25, 0.3) is 0 Å². The minimum absolute atomic E-state index is 0.0248. The number of aliphatic hydroxyl groups excluding tert-OH is 1. The van der Waals surface area contributed by atoms with Crippen LogP contribution in [-0.4, -0.2) is 22.8 Å². The lowest BCUT2D eigenvalue weighted by Gasteiger charge is -2.35. The second kappa shape index (κ2) is 3.65. The number of aliphatic hydroxyl groups is 1. The lowest BCUT2D eigenvalue weighted by atomic mass is 9.70. The zero-order valence-electron chi connectivity index (χ0n) is 8.78. The van der Waals surface area contributed by atoms with E-state index in [-0.39, 0.29) is 23.9 Å². The van der Waals surface area contributed by atoms with Gasteiger partial charge in [-0.15, -0.1) is 0 Å². The van der Waals surface area contributed by atoms with E-state index >= 15 is 0 Å². The molecule has 78 valence electrons. The second-order valence-electron chi connectivity index (χ2n) is 4.45. The standard InChI is InChI=1S/C11H16O3/c1-7(2)10(14)11(3)6-8(12)4-5-9(11)13/h4-5,7,10,14H,6H2,1-3H3. The largest absolute Gasteiger partial charge is 0.392 e. The van der Waals surface area contributed by atoms with Crippen molar-refractivity contribution in [1.29, 1.82) is 0 Å². The highest BCUT2D eigenvalue weighted by Crippen LogP contribution is 2.34. The Balaban J connectivity index is 2.98. The van der Waals surface area contributed by atoms with Crippen LogP contribution in [-0.2, 0) is 9.59 Å². The molecule has 0 spiro atoms. The summed E-state index contributed by atoms with van der Waals surface area (Å²) >= 11 is 0. The third kappa shape index (κ3) is 1.77. The average Bonchev–Trinajstić information content (AvgIpc) is 2.10. The molecule has 0 aromatic heterocycles. The summed E-state index contributed by atoms with van der Waals surface area (Å²) in [7, 11) is 0. The van der Waals surface area contributed by atoms with Crippen molar-refractivity contribution in [2.75, 3.05) is 0 Å². The first-order valence-electron chi connectivity index (χ1n) is 4.81. The van der Waals surface area contributed by atoms with Crippen LogP contribution < -0.4 is 0 Å². The van der Waals surface area contributed by atoms with E-state index in [2.05, 4.69) is 0 Å². The fourth-order valence-corrected chi connectivity index (χ4v) is 1.85. The number of hydrogen-bond donors (Lipinski definition) is 1. The maximum Gasteiger partial charge on any atom is 0.164 e. The zero-order valence-corrected chi connectivity index (χ0v) is 8.78. The molecule has 2 unspecified atom stereocenters. The molecule has 3 nitrogen and oxygen atoms in total. The van der Waals surface area contributed by atoms with Gasteiger partial charge in [0.2, 0.25) is 0 Å². The van der Waals surface area contributed by atoms with Crippen LogP contribution in [0.4, 0.5) is 0 Å². The van der Waals surface area contributed by atoms with Crippen molar-refractivity contribution in [3.8, 4) is 0 Å². The first-order chi connectivity index (χ1) is 6.38. The molecule has 0 aromatic rings. The molecule has 1 aliphatic carbocycles. The fraction of sp³-hybridized carbons (Fsp3) is 0.636. The average molecular weight is 196 g/mol. The highest BCUT2D eigenvalue weighted by Gasteiger charge is 2.43. The zero-order chi connectivity index (χ0) is 10.9. The number of ketones is 2. The number of hydrogen-bond acceptors (Lipinski definition) is 3. The molecule has 2 atom stereocenters. The molecule has 0 radical (unpaired) electrons. The van der Waals surface area contributed by atoms with Gasteiger partial charge in [-0.25, -0.2) is 0 Å². The molecule has 0 fully saturated rings. The summed E-state index contributed by atoms with van der Waals surface area (Å²) in [5.41, 5.74) is -0.931. The summed E-state index contributed by atoms with van der Waals surface area (Å²) in [6.07, 6.45) is 1.92. The van der Waals surface area contributed by atoms with E-state index in [1.54, 1.807) is 6.92 Å². The number of allylic oxidation sites excluding steroid dienone is 2. The van der Waals surface area contributed by atoms with Gasteiger partial charge >= 0.3 is 0 Å². The predicted octanol–water partition coefficient (Wildman–Crippen LogP) is 1.11. The number of carbonyl (C=O) groups excluding carboxylic acids is 2. The van der Waals surface area contributed by atoms with Gasteiger partial charge in [-0.3, -0.25) is 9.59 Å². The van der Waals surface area contributed by atoms with E-state index in [1.807, 2.05) is 13.8 Å². The van der Waals surface area contributed by atoms with Crippen LogP contribution in [0.1, 0.15) is 27.2 Å². The van der Waals surface area contributed by atoms with Crippen LogP contribution >= 0.6 is 0 Å². The molecule has 0 saturated heterocycles. The van der Waals surface area contributed by atoms with E-state index in [4.69, 9.17) is 0 Å². The molecule has 0 bridgehead atoms. The Morgan fingerprint density at radius 3 is 2.43 bits per heavy atom. The third-order valence-corrected chi connectivity index (χ3v) is 2.81. The van der Waals surface area contributed by atoms with Gasteiger partial charge in [0, 0.05) is 6.42 Å². The molecule has 0 heterocycles. The van der Waals surface area contributed by atoms with Crippen LogP contribution in [0.5, 0.6) is 0 Å². The Hall–Kier alpha value is -0.960. The Bertz CT molecular complexity index is 291. The normalized spacial score (nSPS) is 29.8. The van der Waals surface area contributed by atoms with Crippen molar-refractivity contribution < 1.29 is 14.7 Å². The van der Waals surface area contributed by atoms with Gasteiger partial charge in [-0.2, -0.15) is 0 Å². The summed E-state index contributed by atoms with van der Waals surface area (Å²) in [6.45, 7) is 5.33. The molecule has 0 amide bonds. The molecule has 1 aliphatic rings. The molecule has 0 saturated carbocycles. The number of rotatable bonds is 2. The van der Waals surface area contributed by atoms with E-state index in [1.165, 1.54) is 12.2 Å². The maximum atomic E-state index is 11.6. The van der Waals surface area contributed by atoms with Crippen LogP contribution in [0.15, 0.2) is 12.2 Å². The lowest BCUT2D eigenvalue weighted by Crippen LogP contribution is -2.45. The van der Waals surface area contributed by atoms with Crippen molar-refractivity contribution in [1.82, 2.24) is 0 Å². The summed E-state index contributed by atoms with van der Waals surface area (Å²) in [5, 5.41) is 9.89. The molecular weight excluding hydrogens is 180 g/mol. The molecule has 1 rings (SSSR count). The van der Waals surface area contributed by atoms with Gasteiger partial charge in [0.15, 0.2) is 11.6 Å². The van der Waals surface area contributed by atoms with Crippen molar-refractivity contribution >= 4 is 11.6 Å². The fourth-order valence-electron chi connectivity index (χ4n) is 1.85. The summed E-state index contributed by atoms with van der Waals surface area (Å²) in [6, 6.07) is 0. The Morgan fingerprint density at radius 1 is 1.36 bits per heavy atom. The molecule has 1 N–H and O–H groups in total. The van der Waals surface area contributed by atoms with E-state index in [0.29, 0.717) is 0 Å². The molecule has 0 aromatic carbocycles. The van der Waals surface area contributed by atoms with Crippen molar-refractivity contribution in [3.63, 3.8) is 0 Å². The maximum absolute atomic E-state index is 11.6. The smallest absolute Gasteiger partial charge is 0.164 e. The summed E-state index contributed by atoms with van der Waals surface area (Å²) in [4.78, 5) is 22.8. The highest BCUT2D eigenvalue weighted by molar-refractivity contribution is 6.08. The summed E-state index contributed by atoms with van der Waals surface area (Å²) in [5.74, 6) is -0.270. The predicted molar refractivity (Wildman–Crippen MR) is 52.7 cm³/mol. The summed E-state index contributed by atoms with van der Waals surface area (Å²) < 4.78 is 0. The van der Waals surface area contributed by atoms with Crippen molar-refractivity contribution in [2.24, 2.45) is 11.3 Å². The molecule has 14 heavy (non-hydrogen) atoms. The minimum atomic E-state index is -0.931. The van der Waals surface area contributed by atoms with E-state index < -0.39 is 11.5 Å². The Labute approximate surface area is 83.8 Å². The minimum Gasteiger partial charge on any atom is -0.392 e. The first-order valence-corrected chi connectivity index (χ1v) is 4.81. The van der Waals surface area contributed by atoms with E-state index in [0.717, 1.165) is 0 Å². The monoisotopic (exact) mass is 196 g/mol. The van der Waals surface area contributed by atoms with Gasteiger partial charge in [-0.05, 0) is 25.0 Å². The highest BCUT2D eigenvalue weighted by atomic mass is 16.3. The molecule has 0 aliphatic heterocycles. The topological polar surface area (TPSA) is 54.4 Å². The van der Waals surface area contributed by atoms with Gasteiger partial charge < -0.3 is 5.11 Å². The van der Waals surface area contributed by atoms with Crippen molar-refractivity contribution in [3.05, 3.63) is 12.2 Å². The number of carbonyl (C=O) groups is 2. The lowest BCUT2D eigenvalue weighted by molar-refractivity contribution is -0.138. The van der Waals surface area contributed by atoms with Crippen LogP contribution in [0, 0.1) is 11.3 Å². The quantitative estimate of drug-likeness (QED) is 0.719. The van der Waals surface area contributed by atoms with Crippen LogP contribution in [0.3, 0.4) is 0 Å². The molecule has 3 heteroatoms. The van der Waals surface area contributed by atoms with Gasteiger partial charge in [0.1, 0.15) is 0 Å². The third-order valence-electron chi connectivity index (χ3n) is 2.81. The molecular formula is C11H16O3. The van der Waals surface area contributed by atoms with Gasteiger partial charge in [0.05, 0.1) is 11.5 Å². The SMILES string of the molecule is CC(C)C(O)C1(C)CC(=O)C=CC1=O. The Morgan fingerprint density at radius 2 is 1.93 bits per heavy atom. The van der Waals surface area contributed by atoms with E-state index in [9.17, 15) is 14.7 Å². The van der Waals surface area contributed by atoms with Gasteiger partial charge in [0.25, 0.3) is 0 Å². The van der Waals surface area contributed by atoms with Gasteiger partial charge in [-0.1, -0.05) is 13.8 Å². The van der Waals surface area contributed by atoms with Crippen molar-refractivity contribution in [2.45, 2.75) is 33.3 Å². The first kappa shape index (κ1) is 11.1. The Kier molecular flexibility index (Phi) is 2.90. The second-order valence-corrected chi connectivity index (χ2v) is 4.45. The van der Waals surface area contributed by atoms with Crippen LogP contribution in [0.2, 0.25) is 0 Å².